The molecule has 3 heteroatoms. The highest BCUT2D eigenvalue weighted by molar-refractivity contribution is 6.30. The van der Waals surface area contributed by atoms with E-state index < -0.39 is 0 Å². The summed E-state index contributed by atoms with van der Waals surface area (Å²) in [6, 6.07) is 18.0. The highest BCUT2D eigenvalue weighted by Crippen LogP contribution is 2.45. The van der Waals surface area contributed by atoms with Crippen molar-refractivity contribution in [2.75, 3.05) is 31.1 Å². The van der Waals surface area contributed by atoms with Crippen LogP contribution >= 0.6 is 11.6 Å². The fourth-order valence-electron chi connectivity index (χ4n) is 3.91. The predicted octanol–water partition coefficient (Wildman–Crippen LogP) is 4.33. The van der Waals surface area contributed by atoms with Gasteiger partial charge in [-0.2, -0.15) is 0 Å². The van der Waals surface area contributed by atoms with Gasteiger partial charge < -0.3 is 4.90 Å². The maximum absolute atomic E-state index is 6.08. The number of anilines is 1. The quantitative estimate of drug-likeness (QED) is 0.828. The second kappa shape index (κ2) is 6.18. The van der Waals surface area contributed by atoms with Gasteiger partial charge in [-0.15, -0.1) is 0 Å². The van der Waals surface area contributed by atoms with Crippen LogP contribution in [-0.2, 0) is 0 Å². The molecule has 1 aliphatic heterocycles. The highest BCUT2D eigenvalue weighted by atomic mass is 35.5. The van der Waals surface area contributed by atoms with Crippen LogP contribution in [0.3, 0.4) is 0 Å². The number of nitrogens with zero attached hydrogens (tertiary/aromatic N) is 2. The van der Waals surface area contributed by atoms with Gasteiger partial charge in [0, 0.05) is 48.8 Å². The van der Waals surface area contributed by atoms with Crippen molar-refractivity contribution in [1.29, 1.82) is 0 Å². The average Bonchev–Trinajstić information content (AvgIpc) is 3.37. The van der Waals surface area contributed by atoms with Gasteiger partial charge in [-0.3, -0.25) is 4.90 Å². The van der Waals surface area contributed by atoms with Crippen molar-refractivity contribution in [3.8, 4) is 0 Å². The molecule has 1 saturated heterocycles. The second-order valence-corrected chi connectivity index (χ2v) is 7.21. The summed E-state index contributed by atoms with van der Waals surface area (Å²) in [5.41, 5.74) is 4.12. The minimum absolute atomic E-state index is 0.750. The SMILES string of the molecule is Cc1cc(Cl)ccc1N1CCN([C@H]2C[C@@H]2c2ccccc2)CC1. The molecule has 0 radical (unpaired) electrons. The molecule has 1 aliphatic carbocycles. The molecule has 2 aromatic rings. The summed E-state index contributed by atoms with van der Waals surface area (Å²) in [5.74, 6) is 0.750. The van der Waals surface area contributed by atoms with E-state index in [1.165, 1.54) is 23.2 Å². The largest absolute Gasteiger partial charge is 0.369 e. The summed E-state index contributed by atoms with van der Waals surface area (Å²) in [4.78, 5) is 5.18. The van der Waals surface area contributed by atoms with Gasteiger partial charge in [0.05, 0.1) is 0 Å². The van der Waals surface area contributed by atoms with Gasteiger partial charge in [-0.1, -0.05) is 41.9 Å². The topological polar surface area (TPSA) is 6.48 Å². The molecule has 2 aliphatic rings. The molecule has 23 heavy (non-hydrogen) atoms. The molecule has 120 valence electrons. The van der Waals surface area contributed by atoms with Crippen molar-refractivity contribution in [1.82, 2.24) is 4.90 Å². The third-order valence-electron chi connectivity index (χ3n) is 5.27. The van der Waals surface area contributed by atoms with Crippen molar-refractivity contribution < 1.29 is 0 Å². The number of rotatable bonds is 3. The standard InChI is InChI=1S/C20H23ClN2/c1-15-13-17(21)7-8-19(15)22-9-11-23(12-10-22)20-14-18(20)16-5-3-2-4-6-16/h2-8,13,18,20H,9-12,14H2,1H3/t18-,20+/m1/s1. The second-order valence-electron chi connectivity index (χ2n) is 6.77. The lowest BCUT2D eigenvalue weighted by molar-refractivity contribution is 0.244. The van der Waals surface area contributed by atoms with Gasteiger partial charge in [-0.25, -0.2) is 0 Å². The van der Waals surface area contributed by atoms with Gasteiger partial charge in [-0.05, 0) is 42.7 Å². The van der Waals surface area contributed by atoms with E-state index in [1.54, 1.807) is 0 Å². The van der Waals surface area contributed by atoms with E-state index in [4.69, 9.17) is 11.6 Å². The monoisotopic (exact) mass is 326 g/mol. The summed E-state index contributed by atoms with van der Waals surface area (Å²) < 4.78 is 0. The van der Waals surface area contributed by atoms with Gasteiger partial charge in [0.1, 0.15) is 0 Å². The van der Waals surface area contributed by atoms with E-state index in [0.717, 1.165) is 43.2 Å². The molecule has 0 unspecified atom stereocenters. The number of hydrogen-bond acceptors (Lipinski definition) is 2. The first-order chi connectivity index (χ1) is 11.2. The molecule has 0 bridgehead atoms. The fraction of sp³-hybridized carbons (Fsp3) is 0.400. The number of halogens is 1. The van der Waals surface area contributed by atoms with Crippen molar-refractivity contribution >= 4 is 17.3 Å². The molecule has 2 aromatic carbocycles. The lowest BCUT2D eigenvalue weighted by Crippen LogP contribution is -2.47. The molecule has 2 atom stereocenters. The Morgan fingerprint density at radius 2 is 1.70 bits per heavy atom. The van der Waals surface area contributed by atoms with Gasteiger partial charge in [0.15, 0.2) is 0 Å². The van der Waals surface area contributed by atoms with Gasteiger partial charge >= 0.3 is 0 Å². The maximum Gasteiger partial charge on any atom is 0.0410 e. The van der Waals surface area contributed by atoms with Crippen LogP contribution in [0.5, 0.6) is 0 Å². The Hall–Kier alpha value is -1.51. The van der Waals surface area contributed by atoms with E-state index >= 15 is 0 Å². The molecule has 1 saturated carbocycles. The zero-order valence-corrected chi connectivity index (χ0v) is 14.3. The first kappa shape index (κ1) is 15.0. The van der Waals surface area contributed by atoms with E-state index in [1.807, 2.05) is 6.07 Å². The molecule has 0 N–H and O–H groups in total. The van der Waals surface area contributed by atoms with E-state index in [9.17, 15) is 0 Å². The molecule has 2 fully saturated rings. The van der Waals surface area contributed by atoms with Crippen LogP contribution in [0.1, 0.15) is 23.5 Å². The number of aryl methyl sites for hydroxylation is 1. The van der Waals surface area contributed by atoms with E-state index in [0.29, 0.717) is 0 Å². The molecular formula is C20H23ClN2. The smallest absolute Gasteiger partial charge is 0.0410 e. The highest BCUT2D eigenvalue weighted by Gasteiger charge is 2.43. The molecule has 1 heterocycles. The molecule has 0 amide bonds. The van der Waals surface area contributed by atoms with Crippen molar-refractivity contribution in [2.45, 2.75) is 25.3 Å². The Morgan fingerprint density at radius 1 is 0.957 bits per heavy atom. The van der Waals surface area contributed by atoms with Crippen molar-refractivity contribution in [3.05, 3.63) is 64.7 Å². The van der Waals surface area contributed by atoms with Crippen LogP contribution in [0.4, 0.5) is 5.69 Å². The van der Waals surface area contributed by atoms with E-state index in [2.05, 4.69) is 59.2 Å². The Kier molecular flexibility index (Phi) is 4.04. The third kappa shape index (κ3) is 3.11. The summed E-state index contributed by atoms with van der Waals surface area (Å²) in [7, 11) is 0. The molecular weight excluding hydrogens is 304 g/mol. The van der Waals surface area contributed by atoms with Crippen LogP contribution in [0.2, 0.25) is 5.02 Å². The van der Waals surface area contributed by atoms with Crippen LogP contribution in [0.15, 0.2) is 48.5 Å². The van der Waals surface area contributed by atoms with Gasteiger partial charge in [0.2, 0.25) is 0 Å². The maximum atomic E-state index is 6.08. The zero-order valence-electron chi connectivity index (χ0n) is 13.6. The van der Waals surface area contributed by atoms with Crippen molar-refractivity contribution in [2.24, 2.45) is 0 Å². The normalized spacial score (nSPS) is 24.7. The zero-order chi connectivity index (χ0) is 15.8. The van der Waals surface area contributed by atoms with E-state index in [-0.39, 0.29) is 0 Å². The Balaban J connectivity index is 1.37. The summed E-state index contributed by atoms with van der Waals surface area (Å²) >= 11 is 6.08. The Morgan fingerprint density at radius 3 is 2.39 bits per heavy atom. The predicted molar refractivity (Wildman–Crippen MR) is 97.6 cm³/mol. The fourth-order valence-corrected chi connectivity index (χ4v) is 4.14. The van der Waals surface area contributed by atoms with Crippen LogP contribution in [-0.4, -0.2) is 37.1 Å². The van der Waals surface area contributed by atoms with Gasteiger partial charge in [0.25, 0.3) is 0 Å². The first-order valence-electron chi connectivity index (χ1n) is 8.52. The van der Waals surface area contributed by atoms with Crippen molar-refractivity contribution in [3.63, 3.8) is 0 Å². The third-order valence-corrected chi connectivity index (χ3v) is 5.50. The van der Waals surface area contributed by atoms with Crippen LogP contribution in [0, 0.1) is 6.92 Å². The molecule has 0 spiro atoms. The lowest BCUT2D eigenvalue weighted by atomic mass is 10.1. The van der Waals surface area contributed by atoms with Crippen LogP contribution < -0.4 is 4.90 Å². The van der Waals surface area contributed by atoms with Crippen LogP contribution in [0.25, 0.3) is 0 Å². The number of hydrogen-bond donors (Lipinski definition) is 0. The number of benzene rings is 2. The Bertz CT molecular complexity index is 677. The average molecular weight is 327 g/mol. The molecule has 2 nitrogen and oxygen atoms in total. The summed E-state index contributed by atoms with van der Waals surface area (Å²) in [6.07, 6.45) is 1.32. The number of piperazine rings is 1. The first-order valence-corrected chi connectivity index (χ1v) is 8.90. The lowest BCUT2D eigenvalue weighted by Gasteiger charge is -2.37. The minimum Gasteiger partial charge on any atom is -0.369 e. The summed E-state index contributed by atoms with van der Waals surface area (Å²) in [6.45, 7) is 6.70. The Labute approximate surface area is 143 Å². The summed E-state index contributed by atoms with van der Waals surface area (Å²) in [5, 5.41) is 0.827. The minimum atomic E-state index is 0.750. The molecule has 4 rings (SSSR count). The molecule has 0 aromatic heterocycles.